The van der Waals surface area contributed by atoms with Crippen molar-refractivity contribution in [1.82, 2.24) is 9.80 Å². The van der Waals surface area contributed by atoms with Gasteiger partial charge in [0.05, 0.1) is 5.56 Å². The molecule has 0 spiro atoms. The van der Waals surface area contributed by atoms with Gasteiger partial charge >= 0.3 is 6.03 Å². The number of benzene rings is 2. The quantitative estimate of drug-likeness (QED) is 0.573. The highest BCUT2D eigenvalue weighted by Crippen LogP contribution is 2.30. The highest BCUT2D eigenvalue weighted by Gasteiger charge is 2.28. The van der Waals surface area contributed by atoms with Crippen molar-refractivity contribution in [1.29, 1.82) is 0 Å². The lowest BCUT2D eigenvalue weighted by molar-refractivity contribution is -0.119. The summed E-state index contributed by atoms with van der Waals surface area (Å²) in [6.07, 6.45) is 6.08. The van der Waals surface area contributed by atoms with Gasteiger partial charge < -0.3 is 25.3 Å². The highest BCUT2D eigenvalue weighted by molar-refractivity contribution is 6.30. The van der Waals surface area contributed by atoms with Gasteiger partial charge in [-0.3, -0.25) is 9.59 Å². The zero-order chi connectivity index (χ0) is 25.8. The molecule has 2 N–H and O–H groups in total. The first-order valence-corrected chi connectivity index (χ1v) is 13.7. The van der Waals surface area contributed by atoms with E-state index in [4.69, 9.17) is 11.6 Å². The fraction of sp³-hybridized carbons (Fsp3) is 0.464. The zero-order valence-electron chi connectivity index (χ0n) is 21.0. The Morgan fingerprint density at radius 1 is 0.757 bits per heavy atom. The summed E-state index contributed by atoms with van der Waals surface area (Å²) in [4.78, 5) is 44.8. The number of urea groups is 1. The maximum absolute atomic E-state index is 13.5. The molecule has 0 unspecified atom stereocenters. The number of halogens is 1. The van der Waals surface area contributed by atoms with Crippen LogP contribution in [-0.4, -0.2) is 66.9 Å². The van der Waals surface area contributed by atoms with Gasteiger partial charge in [0.2, 0.25) is 5.91 Å². The molecule has 8 nitrogen and oxygen atoms in total. The van der Waals surface area contributed by atoms with Crippen LogP contribution in [0.25, 0.3) is 0 Å². The van der Waals surface area contributed by atoms with Gasteiger partial charge in [0.1, 0.15) is 0 Å². The maximum Gasteiger partial charge on any atom is 0.321 e. The molecule has 0 atom stereocenters. The number of nitrogens with zero attached hydrogens (tertiary/aromatic N) is 3. The number of amides is 4. The summed E-state index contributed by atoms with van der Waals surface area (Å²) < 4.78 is 0. The number of nitrogens with one attached hydrogen (secondary N) is 2. The van der Waals surface area contributed by atoms with Crippen LogP contribution in [0, 0.1) is 5.92 Å². The molecule has 5 rings (SSSR count). The van der Waals surface area contributed by atoms with Crippen LogP contribution in [0.4, 0.5) is 21.9 Å². The molecule has 2 aromatic rings. The van der Waals surface area contributed by atoms with E-state index in [0.29, 0.717) is 48.1 Å². The van der Waals surface area contributed by atoms with E-state index in [1.165, 1.54) is 0 Å². The Hall–Kier alpha value is -3.26. The van der Waals surface area contributed by atoms with E-state index in [0.717, 1.165) is 57.3 Å². The van der Waals surface area contributed by atoms with Gasteiger partial charge in [0, 0.05) is 67.3 Å². The number of rotatable bonds is 5. The number of carbonyl (C=O) groups is 3. The minimum absolute atomic E-state index is 0.00518. The normalized spacial score (nSPS) is 18.2. The molecule has 2 saturated heterocycles. The lowest BCUT2D eigenvalue weighted by atomic mass is 10.1. The molecule has 196 valence electrons. The highest BCUT2D eigenvalue weighted by atomic mass is 35.5. The van der Waals surface area contributed by atoms with Gasteiger partial charge in [-0.05, 0) is 62.1 Å². The molecule has 4 amide bonds. The number of carbonyl (C=O) groups excluding carboxylic acids is 3. The minimum atomic E-state index is -0.166. The van der Waals surface area contributed by atoms with Crippen molar-refractivity contribution in [2.24, 2.45) is 5.92 Å². The van der Waals surface area contributed by atoms with Crippen LogP contribution in [0.3, 0.4) is 0 Å². The topological polar surface area (TPSA) is 85.0 Å². The fourth-order valence-electron chi connectivity index (χ4n) is 5.50. The Kier molecular flexibility index (Phi) is 7.84. The van der Waals surface area contributed by atoms with Crippen molar-refractivity contribution in [2.75, 3.05) is 54.8 Å². The van der Waals surface area contributed by atoms with Crippen molar-refractivity contribution in [3.8, 4) is 0 Å². The molecule has 9 heteroatoms. The van der Waals surface area contributed by atoms with Crippen LogP contribution in [0.5, 0.6) is 0 Å². The van der Waals surface area contributed by atoms with Crippen molar-refractivity contribution >= 4 is 46.5 Å². The summed E-state index contributed by atoms with van der Waals surface area (Å²) in [6.45, 7) is 3.80. The molecular weight excluding hydrogens is 490 g/mol. The third-order valence-corrected chi connectivity index (χ3v) is 7.83. The molecule has 1 aliphatic carbocycles. The number of anilines is 3. The van der Waals surface area contributed by atoms with Crippen LogP contribution in [0.2, 0.25) is 5.02 Å². The minimum Gasteiger partial charge on any atom is -0.367 e. The fourth-order valence-corrected chi connectivity index (χ4v) is 5.69. The molecule has 3 aliphatic rings. The number of piperazine rings is 1. The van der Waals surface area contributed by atoms with Gasteiger partial charge in [-0.25, -0.2) is 4.79 Å². The molecular formula is C28H34ClN5O3. The predicted octanol–water partition coefficient (Wildman–Crippen LogP) is 5.06. The van der Waals surface area contributed by atoms with E-state index in [1.807, 2.05) is 29.2 Å². The summed E-state index contributed by atoms with van der Waals surface area (Å²) in [7, 11) is 0. The SMILES string of the molecule is O=C(Nc1ccc(N2CCN(C(=O)Nc3cccc(Cl)c3)CC2)c(C(=O)N2CCCC2)c1)C1CCCC1. The van der Waals surface area contributed by atoms with Gasteiger partial charge in [0.25, 0.3) is 5.91 Å². The Morgan fingerprint density at radius 2 is 1.46 bits per heavy atom. The predicted molar refractivity (Wildman–Crippen MR) is 146 cm³/mol. The number of hydrogen-bond donors (Lipinski definition) is 2. The lowest BCUT2D eigenvalue weighted by Gasteiger charge is -2.37. The summed E-state index contributed by atoms with van der Waals surface area (Å²) in [5.74, 6) is 0.110. The molecule has 0 bridgehead atoms. The molecule has 1 saturated carbocycles. The molecule has 37 heavy (non-hydrogen) atoms. The van der Waals surface area contributed by atoms with Crippen molar-refractivity contribution in [2.45, 2.75) is 38.5 Å². The molecule has 2 aliphatic heterocycles. The monoisotopic (exact) mass is 523 g/mol. The van der Waals surface area contributed by atoms with Crippen LogP contribution in [0.15, 0.2) is 42.5 Å². The first-order valence-electron chi connectivity index (χ1n) is 13.3. The Morgan fingerprint density at radius 3 is 2.16 bits per heavy atom. The Bertz CT molecular complexity index is 1150. The smallest absolute Gasteiger partial charge is 0.321 e. The van der Waals surface area contributed by atoms with Gasteiger partial charge in [-0.1, -0.05) is 30.5 Å². The van der Waals surface area contributed by atoms with Crippen molar-refractivity contribution < 1.29 is 14.4 Å². The zero-order valence-corrected chi connectivity index (χ0v) is 21.8. The average molecular weight is 524 g/mol. The Labute approximate surface area is 222 Å². The van der Waals surface area contributed by atoms with E-state index in [1.54, 1.807) is 23.1 Å². The number of likely N-dealkylation sites (tertiary alicyclic amines) is 1. The summed E-state index contributed by atoms with van der Waals surface area (Å²) >= 11 is 6.03. The van der Waals surface area contributed by atoms with Crippen LogP contribution in [0.1, 0.15) is 48.9 Å². The van der Waals surface area contributed by atoms with Gasteiger partial charge in [-0.2, -0.15) is 0 Å². The van der Waals surface area contributed by atoms with E-state index in [2.05, 4.69) is 15.5 Å². The van der Waals surface area contributed by atoms with E-state index < -0.39 is 0 Å². The van der Waals surface area contributed by atoms with Crippen molar-refractivity contribution in [3.63, 3.8) is 0 Å². The van der Waals surface area contributed by atoms with Crippen LogP contribution in [-0.2, 0) is 4.79 Å². The first kappa shape index (κ1) is 25.4. The largest absolute Gasteiger partial charge is 0.367 e. The van der Waals surface area contributed by atoms with Crippen LogP contribution < -0.4 is 15.5 Å². The van der Waals surface area contributed by atoms with E-state index in [9.17, 15) is 14.4 Å². The summed E-state index contributed by atoms with van der Waals surface area (Å²) in [5.41, 5.74) is 2.80. The van der Waals surface area contributed by atoms with Crippen LogP contribution >= 0.6 is 11.6 Å². The second-order valence-electron chi connectivity index (χ2n) is 10.1. The summed E-state index contributed by atoms with van der Waals surface area (Å²) in [5, 5.41) is 6.53. The third kappa shape index (κ3) is 6.01. The standard InChI is InChI=1S/C28H34ClN5O3/c29-21-8-5-9-22(18-21)31-28(37)34-16-14-32(15-17-34)25-11-10-23(30-26(35)20-6-1-2-7-20)19-24(25)27(36)33-12-3-4-13-33/h5,8-11,18-20H,1-4,6-7,12-17H2,(H,30,35)(H,31,37). The Balaban J connectivity index is 1.29. The maximum atomic E-state index is 13.5. The average Bonchev–Trinajstić information content (AvgIpc) is 3.63. The van der Waals surface area contributed by atoms with Crippen molar-refractivity contribution in [3.05, 3.63) is 53.1 Å². The molecule has 0 radical (unpaired) electrons. The number of hydrogen-bond acceptors (Lipinski definition) is 4. The van der Waals surface area contributed by atoms with Gasteiger partial charge in [0.15, 0.2) is 0 Å². The van der Waals surface area contributed by atoms with Gasteiger partial charge in [-0.15, -0.1) is 0 Å². The molecule has 2 aromatic carbocycles. The lowest BCUT2D eigenvalue weighted by Crippen LogP contribution is -2.50. The first-order chi connectivity index (χ1) is 18.0. The third-order valence-electron chi connectivity index (χ3n) is 7.60. The molecule has 2 heterocycles. The second kappa shape index (κ2) is 11.4. The molecule has 3 fully saturated rings. The van der Waals surface area contributed by atoms with E-state index in [-0.39, 0.29) is 23.8 Å². The van der Waals surface area contributed by atoms with E-state index >= 15 is 0 Å². The molecule has 0 aromatic heterocycles. The summed E-state index contributed by atoms with van der Waals surface area (Å²) in [6, 6.07) is 12.6. The second-order valence-corrected chi connectivity index (χ2v) is 10.6.